The van der Waals surface area contributed by atoms with Crippen LogP contribution in [0, 0.1) is 0 Å². The predicted molar refractivity (Wildman–Crippen MR) is 51.6 cm³/mol. The summed E-state index contributed by atoms with van der Waals surface area (Å²) in [6.45, 7) is 9.51. The summed E-state index contributed by atoms with van der Waals surface area (Å²) in [6.07, 6.45) is 5.80. The SMILES string of the molecule is C=CC1([SiH](C)C)CCCCO1.[Pt]. The van der Waals surface area contributed by atoms with Crippen molar-refractivity contribution in [3.63, 3.8) is 0 Å². The first kappa shape index (κ1) is 12.6. The Labute approximate surface area is 91.4 Å². The first-order chi connectivity index (χ1) is 5.21. The van der Waals surface area contributed by atoms with Crippen molar-refractivity contribution in [2.45, 2.75) is 37.6 Å². The molecule has 0 aliphatic carbocycles. The molecule has 1 unspecified atom stereocenters. The van der Waals surface area contributed by atoms with Crippen molar-refractivity contribution >= 4 is 8.80 Å². The number of rotatable bonds is 2. The quantitative estimate of drug-likeness (QED) is 0.538. The van der Waals surface area contributed by atoms with E-state index in [4.69, 9.17) is 4.74 Å². The summed E-state index contributed by atoms with van der Waals surface area (Å²) in [7, 11) is -0.728. The van der Waals surface area contributed by atoms with Crippen molar-refractivity contribution in [1.29, 1.82) is 0 Å². The molecule has 12 heavy (non-hydrogen) atoms. The van der Waals surface area contributed by atoms with Crippen molar-refractivity contribution in [3.05, 3.63) is 12.7 Å². The Morgan fingerprint density at radius 1 is 1.42 bits per heavy atom. The van der Waals surface area contributed by atoms with Crippen LogP contribution in [-0.4, -0.2) is 20.6 Å². The maximum Gasteiger partial charge on any atom is 0.0744 e. The average Bonchev–Trinajstić information content (AvgIpc) is 2.05. The summed E-state index contributed by atoms with van der Waals surface area (Å²) in [5.41, 5.74) is 0. The molecule has 0 aromatic carbocycles. The van der Waals surface area contributed by atoms with E-state index >= 15 is 0 Å². The van der Waals surface area contributed by atoms with Gasteiger partial charge in [0.05, 0.1) is 14.0 Å². The van der Waals surface area contributed by atoms with Gasteiger partial charge in [0.15, 0.2) is 0 Å². The zero-order valence-electron chi connectivity index (χ0n) is 7.91. The van der Waals surface area contributed by atoms with Crippen molar-refractivity contribution < 1.29 is 25.8 Å². The van der Waals surface area contributed by atoms with E-state index in [1.165, 1.54) is 19.3 Å². The molecule has 0 aromatic heterocycles. The molecule has 0 saturated carbocycles. The van der Waals surface area contributed by atoms with E-state index in [1.54, 1.807) is 0 Å². The van der Waals surface area contributed by atoms with E-state index in [-0.39, 0.29) is 26.3 Å². The molecule has 1 nitrogen and oxygen atoms in total. The zero-order valence-corrected chi connectivity index (χ0v) is 11.3. The van der Waals surface area contributed by atoms with Crippen LogP contribution in [0.3, 0.4) is 0 Å². The molecule has 3 heteroatoms. The molecule has 0 bridgehead atoms. The second kappa shape index (κ2) is 5.36. The molecule has 1 saturated heterocycles. The Hall–Kier alpha value is 0.605. The standard InChI is InChI=1S/C9H18OSi.Pt/c1-4-9(11(2)3)7-5-6-8-10-9;/h4,11H,1,5-8H2,2-3H3;. The van der Waals surface area contributed by atoms with Gasteiger partial charge in [0.25, 0.3) is 0 Å². The van der Waals surface area contributed by atoms with E-state index < -0.39 is 8.80 Å². The third kappa shape index (κ3) is 2.55. The smallest absolute Gasteiger partial charge is 0.0744 e. The van der Waals surface area contributed by atoms with Gasteiger partial charge in [0.1, 0.15) is 0 Å². The van der Waals surface area contributed by atoms with Gasteiger partial charge in [-0.15, -0.1) is 6.58 Å². The van der Waals surface area contributed by atoms with Gasteiger partial charge in [-0.3, -0.25) is 0 Å². The van der Waals surface area contributed by atoms with Crippen molar-refractivity contribution in [1.82, 2.24) is 0 Å². The largest absolute Gasteiger partial charge is 0.375 e. The molecular weight excluding hydrogens is 347 g/mol. The van der Waals surface area contributed by atoms with Gasteiger partial charge < -0.3 is 4.74 Å². The van der Waals surface area contributed by atoms with Crippen LogP contribution < -0.4 is 0 Å². The molecule has 0 spiro atoms. The van der Waals surface area contributed by atoms with E-state index in [0.29, 0.717) is 0 Å². The Morgan fingerprint density at radius 3 is 2.33 bits per heavy atom. The summed E-state index contributed by atoms with van der Waals surface area (Å²) in [6, 6.07) is 0. The minimum Gasteiger partial charge on any atom is -0.375 e. The van der Waals surface area contributed by atoms with Gasteiger partial charge in [-0.1, -0.05) is 19.2 Å². The fourth-order valence-electron chi connectivity index (χ4n) is 1.69. The van der Waals surface area contributed by atoms with Crippen LogP contribution in [-0.2, 0) is 25.8 Å². The normalized spacial score (nSPS) is 29.6. The van der Waals surface area contributed by atoms with Crippen LogP contribution in [0.15, 0.2) is 12.7 Å². The molecule has 0 amide bonds. The van der Waals surface area contributed by atoms with Gasteiger partial charge in [-0.25, -0.2) is 0 Å². The molecule has 1 aliphatic heterocycles. The summed E-state index contributed by atoms with van der Waals surface area (Å²) in [5.74, 6) is 0. The Morgan fingerprint density at radius 2 is 2.08 bits per heavy atom. The van der Waals surface area contributed by atoms with E-state index in [1.807, 2.05) is 6.08 Å². The van der Waals surface area contributed by atoms with Crippen molar-refractivity contribution in [2.75, 3.05) is 6.61 Å². The molecule has 0 N–H and O–H groups in total. The molecular formula is C9H18OPtSi. The summed E-state index contributed by atoms with van der Waals surface area (Å²) < 4.78 is 5.82. The fourth-order valence-corrected chi connectivity index (χ4v) is 3.39. The molecule has 0 radical (unpaired) electrons. The monoisotopic (exact) mass is 365 g/mol. The maximum atomic E-state index is 5.82. The predicted octanol–water partition coefficient (Wildman–Crippen LogP) is 2.14. The second-order valence-electron chi connectivity index (χ2n) is 3.62. The van der Waals surface area contributed by atoms with Gasteiger partial charge in [0.2, 0.25) is 0 Å². The summed E-state index contributed by atoms with van der Waals surface area (Å²) in [4.78, 5) is 0. The van der Waals surface area contributed by atoms with Gasteiger partial charge >= 0.3 is 0 Å². The van der Waals surface area contributed by atoms with E-state index in [9.17, 15) is 0 Å². The van der Waals surface area contributed by atoms with Crippen LogP contribution in [0.1, 0.15) is 19.3 Å². The minimum absolute atomic E-state index is 0. The van der Waals surface area contributed by atoms with Gasteiger partial charge in [-0.2, -0.15) is 0 Å². The Kier molecular flexibility index (Phi) is 5.63. The van der Waals surface area contributed by atoms with E-state index in [0.717, 1.165) is 6.61 Å². The molecule has 74 valence electrons. The molecule has 1 aliphatic rings. The van der Waals surface area contributed by atoms with Crippen LogP contribution in [0.4, 0.5) is 0 Å². The molecule has 0 aromatic rings. The zero-order chi connectivity index (χ0) is 8.32. The first-order valence-electron chi connectivity index (χ1n) is 4.49. The number of hydrogen-bond donors (Lipinski definition) is 0. The van der Waals surface area contributed by atoms with Gasteiger partial charge in [-0.05, 0) is 19.3 Å². The average molecular weight is 365 g/mol. The van der Waals surface area contributed by atoms with Crippen molar-refractivity contribution in [3.8, 4) is 0 Å². The number of ether oxygens (including phenoxy) is 1. The molecule has 1 fully saturated rings. The molecule has 1 rings (SSSR count). The number of hydrogen-bond acceptors (Lipinski definition) is 1. The summed E-state index contributed by atoms with van der Waals surface area (Å²) >= 11 is 0. The molecule has 1 atom stereocenters. The van der Waals surface area contributed by atoms with Crippen molar-refractivity contribution in [2.24, 2.45) is 0 Å². The van der Waals surface area contributed by atoms with Gasteiger partial charge in [0, 0.05) is 27.7 Å². The first-order valence-corrected chi connectivity index (χ1v) is 7.37. The van der Waals surface area contributed by atoms with Crippen LogP contribution in [0.25, 0.3) is 0 Å². The third-order valence-electron chi connectivity index (χ3n) is 2.66. The third-order valence-corrected chi connectivity index (χ3v) is 5.30. The minimum atomic E-state index is -0.728. The van der Waals surface area contributed by atoms with Crippen LogP contribution in [0.5, 0.6) is 0 Å². The Bertz CT molecular complexity index is 141. The van der Waals surface area contributed by atoms with Crippen LogP contribution in [0.2, 0.25) is 13.1 Å². The topological polar surface area (TPSA) is 9.23 Å². The van der Waals surface area contributed by atoms with E-state index in [2.05, 4.69) is 19.7 Å². The maximum absolute atomic E-state index is 5.82. The molecule has 1 heterocycles. The van der Waals surface area contributed by atoms with Crippen LogP contribution >= 0.6 is 0 Å². The summed E-state index contributed by atoms with van der Waals surface area (Å²) in [5, 5.41) is 0.123. The Balaban J connectivity index is 0.00000121. The fraction of sp³-hybridized carbons (Fsp3) is 0.778. The second-order valence-corrected chi connectivity index (χ2v) is 6.91.